The number of amides is 1. The van der Waals surface area contributed by atoms with E-state index in [1.165, 1.54) is 11.6 Å². The van der Waals surface area contributed by atoms with Crippen LogP contribution >= 0.6 is 0 Å². The van der Waals surface area contributed by atoms with Gasteiger partial charge >= 0.3 is 11.6 Å². The third kappa shape index (κ3) is 4.09. The summed E-state index contributed by atoms with van der Waals surface area (Å²) in [4.78, 5) is 40.8. The van der Waals surface area contributed by atoms with Crippen molar-refractivity contribution in [2.45, 2.75) is 51.5 Å². The van der Waals surface area contributed by atoms with Gasteiger partial charge in [0.25, 0.3) is 0 Å². The van der Waals surface area contributed by atoms with Crippen LogP contribution in [-0.4, -0.2) is 33.1 Å². The molecule has 38 heavy (non-hydrogen) atoms. The van der Waals surface area contributed by atoms with Gasteiger partial charge in [0, 0.05) is 52.3 Å². The number of H-pyrrole nitrogens is 1. The van der Waals surface area contributed by atoms with Crippen molar-refractivity contribution in [2.75, 3.05) is 0 Å². The van der Waals surface area contributed by atoms with Crippen LogP contribution in [0.25, 0.3) is 32.8 Å². The standard InChI is InChI=1S/C29H26N2O7/c1-14-18-10-21-17-4-2-3-5-24(17)37-26(21)12-25(18)38-29(36)19(14)11-27(33)31-23(28(34)35)8-15-13-30-22-7-6-16(32)9-20(15)22/h6-7,9-10,12-13,23,30,32H,2-5,8,11H2,1H3,(H,31,33)(H,34,35). The van der Waals surface area contributed by atoms with Gasteiger partial charge in [-0.15, -0.1) is 0 Å². The fourth-order valence-corrected chi connectivity index (χ4v) is 5.51. The molecule has 4 N–H and O–H groups in total. The third-order valence-electron chi connectivity index (χ3n) is 7.51. The molecule has 9 heteroatoms. The van der Waals surface area contributed by atoms with E-state index in [2.05, 4.69) is 10.3 Å². The molecule has 194 valence electrons. The molecule has 1 atom stereocenters. The third-order valence-corrected chi connectivity index (χ3v) is 7.51. The molecule has 3 heterocycles. The molecule has 3 aromatic heterocycles. The zero-order valence-corrected chi connectivity index (χ0v) is 20.7. The van der Waals surface area contributed by atoms with Crippen LogP contribution in [-0.2, 0) is 35.3 Å². The maximum Gasteiger partial charge on any atom is 0.340 e. The molecule has 0 saturated heterocycles. The van der Waals surface area contributed by atoms with E-state index in [4.69, 9.17) is 8.83 Å². The normalized spacial score (nSPS) is 14.1. The van der Waals surface area contributed by atoms with E-state index >= 15 is 0 Å². The van der Waals surface area contributed by atoms with E-state index in [0.717, 1.165) is 47.7 Å². The van der Waals surface area contributed by atoms with Crippen LogP contribution in [0.5, 0.6) is 5.75 Å². The van der Waals surface area contributed by atoms with Crippen molar-refractivity contribution >= 4 is 44.7 Å². The van der Waals surface area contributed by atoms with E-state index in [9.17, 15) is 24.6 Å². The predicted molar refractivity (Wildman–Crippen MR) is 141 cm³/mol. The summed E-state index contributed by atoms with van der Waals surface area (Å²) >= 11 is 0. The molecule has 9 nitrogen and oxygen atoms in total. The first kappa shape index (κ1) is 23.8. The van der Waals surface area contributed by atoms with Crippen molar-refractivity contribution in [1.82, 2.24) is 10.3 Å². The Bertz CT molecular complexity index is 1810. The maximum atomic E-state index is 13.0. The summed E-state index contributed by atoms with van der Waals surface area (Å²) in [5.74, 6) is -0.772. The number of fused-ring (bicyclic) bond motifs is 5. The Labute approximate surface area is 216 Å². The molecule has 0 saturated carbocycles. The number of carboxylic acid groups (broad SMARTS) is 1. The van der Waals surface area contributed by atoms with Gasteiger partial charge in [-0.25, -0.2) is 9.59 Å². The molecule has 0 radical (unpaired) electrons. The van der Waals surface area contributed by atoms with Gasteiger partial charge in [-0.2, -0.15) is 0 Å². The second-order valence-electron chi connectivity index (χ2n) is 9.93. The monoisotopic (exact) mass is 514 g/mol. The van der Waals surface area contributed by atoms with Crippen LogP contribution in [0.3, 0.4) is 0 Å². The van der Waals surface area contributed by atoms with E-state index in [-0.39, 0.29) is 24.2 Å². The van der Waals surface area contributed by atoms with Gasteiger partial charge in [0.05, 0.1) is 12.0 Å². The van der Waals surface area contributed by atoms with Crippen LogP contribution in [0.1, 0.15) is 40.9 Å². The molecule has 1 aliphatic carbocycles. The number of rotatable bonds is 6. The second-order valence-corrected chi connectivity index (χ2v) is 9.93. The molecular weight excluding hydrogens is 488 g/mol. The zero-order valence-electron chi connectivity index (χ0n) is 20.7. The minimum absolute atomic E-state index is 0.000577. The Morgan fingerprint density at radius 2 is 1.84 bits per heavy atom. The predicted octanol–water partition coefficient (Wildman–Crippen LogP) is 4.27. The number of carboxylic acids is 1. The van der Waals surface area contributed by atoms with Gasteiger partial charge in [0.2, 0.25) is 5.91 Å². The Morgan fingerprint density at radius 3 is 2.66 bits per heavy atom. The van der Waals surface area contributed by atoms with E-state index in [1.807, 2.05) is 6.07 Å². The molecule has 0 fully saturated rings. The molecule has 6 rings (SSSR count). The van der Waals surface area contributed by atoms with Crippen LogP contribution in [0.4, 0.5) is 0 Å². The highest BCUT2D eigenvalue weighted by Gasteiger charge is 2.25. The van der Waals surface area contributed by atoms with Crippen molar-refractivity contribution < 1.29 is 28.6 Å². The number of aromatic amines is 1. The number of carbonyl (C=O) groups is 2. The summed E-state index contributed by atoms with van der Waals surface area (Å²) in [6, 6.07) is 7.24. The average Bonchev–Trinajstić information content (AvgIpc) is 3.45. The van der Waals surface area contributed by atoms with E-state index < -0.39 is 23.5 Å². The van der Waals surface area contributed by atoms with Gasteiger partial charge in [-0.05, 0) is 61.6 Å². The quantitative estimate of drug-likeness (QED) is 0.248. The van der Waals surface area contributed by atoms with Crippen molar-refractivity contribution in [3.05, 3.63) is 75.0 Å². The number of aliphatic carboxylic acids is 1. The molecule has 1 amide bonds. The fraction of sp³-hybridized carbons (Fsp3) is 0.276. The zero-order chi connectivity index (χ0) is 26.6. The Morgan fingerprint density at radius 1 is 1.05 bits per heavy atom. The number of aryl methyl sites for hydroxylation is 3. The molecule has 0 bridgehead atoms. The molecule has 0 aliphatic heterocycles. The van der Waals surface area contributed by atoms with Crippen molar-refractivity contribution in [3.8, 4) is 5.75 Å². The number of phenols is 1. The first-order valence-electron chi connectivity index (χ1n) is 12.6. The van der Waals surface area contributed by atoms with Crippen LogP contribution in [0.2, 0.25) is 0 Å². The van der Waals surface area contributed by atoms with Gasteiger partial charge < -0.3 is 29.3 Å². The van der Waals surface area contributed by atoms with Crippen molar-refractivity contribution in [3.63, 3.8) is 0 Å². The van der Waals surface area contributed by atoms with Crippen molar-refractivity contribution in [1.29, 1.82) is 0 Å². The Kier molecular flexibility index (Phi) is 5.71. The smallest absolute Gasteiger partial charge is 0.340 e. The number of carbonyl (C=O) groups excluding carboxylic acids is 1. The summed E-state index contributed by atoms with van der Waals surface area (Å²) in [6.45, 7) is 1.77. The van der Waals surface area contributed by atoms with Crippen LogP contribution in [0, 0.1) is 6.92 Å². The number of hydrogen-bond donors (Lipinski definition) is 4. The second kappa shape index (κ2) is 9.09. The van der Waals surface area contributed by atoms with Gasteiger partial charge in [-0.3, -0.25) is 4.79 Å². The topological polar surface area (TPSA) is 146 Å². The van der Waals surface area contributed by atoms with E-state index in [1.54, 1.807) is 31.3 Å². The fourth-order valence-electron chi connectivity index (χ4n) is 5.51. The number of aromatic nitrogens is 1. The summed E-state index contributed by atoms with van der Waals surface area (Å²) < 4.78 is 11.6. The number of nitrogens with one attached hydrogen (secondary N) is 2. The maximum absolute atomic E-state index is 13.0. The Hall–Kier alpha value is -4.53. The molecule has 1 unspecified atom stereocenters. The average molecular weight is 515 g/mol. The first-order chi connectivity index (χ1) is 18.3. The highest BCUT2D eigenvalue weighted by atomic mass is 16.4. The largest absolute Gasteiger partial charge is 0.508 e. The summed E-state index contributed by atoms with van der Waals surface area (Å²) in [5, 5.41) is 24.5. The van der Waals surface area contributed by atoms with Crippen molar-refractivity contribution in [2.24, 2.45) is 0 Å². The van der Waals surface area contributed by atoms with Gasteiger partial charge in [0.15, 0.2) is 0 Å². The number of furan rings is 1. The highest BCUT2D eigenvalue weighted by Crippen LogP contribution is 2.35. The minimum atomic E-state index is -1.23. The molecule has 5 aromatic rings. The Balaban J connectivity index is 1.28. The lowest BCUT2D eigenvalue weighted by Crippen LogP contribution is -2.43. The highest BCUT2D eigenvalue weighted by molar-refractivity contribution is 5.97. The van der Waals surface area contributed by atoms with Gasteiger partial charge in [-0.1, -0.05) is 0 Å². The first-order valence-corrected chi connectivity index (χ1v) is 12.6. The summed E-state index contributed by atoms with van der Waals surface area (Å²) in [6.07, 6.45) is 5.34. The molecular formula is C29H26N2O7. The lowest BCUT2D eigenvalue weighted by atomic mass is 9.94. The summed E-state index contributed by atoms with van der Waals surface area (Å²) in [5.41, 5.74) is 3.82. The lowest BCUT2D eigenvalue weighted by molar-refractivity contribution is -0.141. The number of phenolic OH excluding ortho intramolecular Hbond substituents is 1. The molecule has 2 aromatic carbocycles. The lowest BCUT2D eigenvalue weighted by Gasteiger charge is -2.15. The van der Waals surface area contributed by atoms with Crippen LogP contribution in [0.15, 0.2) is 50.2 Å². The number of aromatic hydroxyl groups is 1. The minimum Gasteiger partial charge on any atom is -0.508 e. The SMILES string of the molecule is Cc1c(CC(=O)NC(Cc2c[nH]c3ccc(O)cc23)C(=O)O)c(=O)oc2cc3oc4c(c3cc12)CCCC4. The van der Waals surface area contributed by atoms with E-state index in [0.29, 0.717) is 27.7 Å². The van der Waals surface area contributed by atoms with Crippen LogP contribution < -0.4 is 10.9 Å². The summed E-state index contributed by atoms with van der Waals surface area (Å²) in [7, 11) is 0. The van der Waals surface area contributed by atoms with Gasteiger partial charge in [0.1, 0.15) is 28.7 Å². The number of hydrogen-bond acceptors (Lipinski definition) is 6. The molecule has 0 spiro atoms. The molecule has 1 aliphatic rings. The number of benzene rings is 2.